The minimum Gasteiger partial charge on any atom is -0.516 e. The van der Waals surface area contributed by atoms with E-state index >= 15 is 0 Å². The summed E-state index contributed by atoms with van der Waals surface area (Å²) in [5.41, 5.74) is 1.32. The molecule has 0 radical (unpaired) electrons. The molecule has 1 rings (SSSR count). The summed E-state index contributed by atoms with van der Waals surface area (Å²) >= 11 is 0. The summed E-state index contributed by atoms with van der Waals surface area (Å²) in [7, 11) is 0. The van der Waals surface area contributed by atoms with E-state index in [1.54, 1.807) is 6.08 Å². The van der Waals surface area contributed by atoms with Crippen molar-refractivity contribution < 1.29 is 5.11 Å². The third-order valence-corrected chi connectivity index (χ3v) is 1.83. The van der Waals surface area contributed by atoms with Crippen molar-refractivity contribution >= 4 is 0 Å². The SMILES string of the molecule is OC=CCC#CCCc1ccccc1. The van der Waals surface area contributed by atoms with E-state index in [0.29, 0.717) is 6.42 Å². The van der Waals surface area contributed by atoms with Gasteiger partial charge < -0.3 is 5.11 Å². The quantitative estimate of drug-likeness (QED) is 0.568. The molecule has 0 heterocycles. The molecule has 0 aromatic heterocycles. The van der Waals surface area contributed by atoms with Crippen molar-refractivity contribution in [2.45, 2.75) is 19.3 Å². The molecule has 72 valence electrons. The van der Waals surface area contributed by atoms with Crippen molar-refractivity contribution in [1.82, 2.24) is 0 Å². The first-order valence-corrected chi connectivity index (χ1v) is 4.72. The van der Waals surface area contributed by atoms with Gasteiger partial charge in [-0.25, -0.2) is 0 Å². The van der Waals surface area contributed by atoms with E-state index in [-0.39, 0.29) is 0 Å². The molecule has 0 aliphatic rings. The molecular weight excluding hydrogens is 172 g/mol. The molecule has 0 aliphatic heterocycles. The summed E-state index contributed by atoms with van der Waals surface area (Å²) in [6.45, 7) is 0. The third-order valence-electron chi connectivity index (χ3n) is 1.83. The van der Waals surface area contributed by atoms with Gasteiger partial charge in [-0.2, -0.15) is 0 Å². The van der Waals surface area contributed by atoms with Gasteiger partial charge in [-0.3, -0.25) is 0 Å². The number of aliphatic hydroxyl groups is 1. The van der Waals surface area contributed by atoms with Crippen LogP contribution in [0.15, 0.2) is 42.7 Å². The maximum atomic E-state index is 8.35. The lowest BCUT2D eigenvalue weighted by molar-refractivity contribution is 0.472. The van der Waals surface area contributed by atoms with Crippen LogP contribution >= 0.6 is 0 Å². The molecule has 0 unspecified atom stereocenters. The first-order valence-electron chi connectivity index (χ1n) is 4.72. The molecule has 0 fully saturated rings. The third kappa shape index (κ3) is 4.37. The Bertz CT molecular complexity index is 327. The Kier molecular flexibility index (Phi) is 5.05. The molecule has 0 spiro atoms. The standard InChI is InChI=1S/C13H14O/c14-12-8-3-1-2-5-9-13-10-6-4-7-11-13/h4,6-8,10-12,14H,3,5,9H2. The number of aryl methyl sites for hydroxylation is 1. The number of hydrogen-bond donors (Lipinski definition) is 1. The smallest absolute Gasteiger partial charge is 0.0761 e. The summed E-state index contributed by atoms with van der Waals surface area (Å²) in [4.78, 5) is 0. The zero-order chi connectivity index (χ0) is 10.1. The zero-order valence-electron chi connectivity index (χ0n) is 8.11. The van der Waals surface area contributed by atoms with Gasteiger partial charge in [-0.15, -0.1) is 5.92 Å². The van der Waals surface area contributed by atoms with E-state index in [2.05, 4.69) is 24.0 Å². The van der Waals surface area contributed by atoms with Crippen molar-refractivity contribution in [3.8, 4) is 11.8 Å². The molecule has 1 heteroatoms. The Morgan fingerprint density at radius 1 is 1.14 bits per heavy atom. The van der Waals surface area contributed by atoms with Gasteiger partial charge in [0.1, 0.15) is 0 Å². The minimum atomic E-state index is 0.630. The summed E-state index contributed by atoms with van der Waals surface area (Å²) in [5, 5.41) is 8.35. The molecule has 1 N–H and O–H groups in total. The van der Waals surface area contributed by atoms with Gasteiger partial charge in [-0.1, -0.05) is 36.3 Å². The second kappa shape index (κ2) is 6.80. The summed E-state index contributed by atoms with van der Waals surface area (Å²) in [5.74, 6) is 6.02. The van der Waals surface area contributed by atoms with Crippen LogP contribution in [-0.2, 0) is 6.42 Å². The van der Waals surface area contributed by atoms with Crippen molar-refractivity contribution in [2.24, 2.45) is 0 Å². The van der Waals surface area contributed by atoms with E-state index < -0.39 is 0 Å². The van der Waals surface area contributed by atoms with Crippen molar-refractivity contribution in [3.05, 3.63) is 48.2 Å². The van der Waals surface area contributed by atoms with Gasteiger partial charge in [-0.05, 0) is 18.1 Å². The summed E-state index contributed by atoms with van der Waals surface area (Å²) < 4.78 is 0. The van der Waals surface area contributed by atoms with Gasteiger partial charge in [0.25, 0.3) is 0 Å². The topological polar surface area (TPSA) is 20.2 Å². The molecule has 0 aliphatic carbocycles. The Morgan fingerprint density at radius 3 is 2.64 bits per heavy atom. The molecule has 0 saturated heterocycles. The van der Waals surface area contributed by atoms with Crippen LogP contribution in [0.4, 0.5) is 0 Å². The Hall–Kier alpha value is -1.68. The van der Waals surface area contributed by atoms with Gasteiger partial charge in [0.05, 0.1) is 6.26 Å². The van der Waals surface area contributed by atoms with Crippen LogP contribution in [0.2, 0.25) is 0 Å². The van der Waals surface area contributed by atoms with Crippen LogP contribution in [0.3, 0.4) is 0 Å². The number of rotatable bonds is 3. The molecular formula is C13H14O. The highest BCUT2D eigenvalue weighted by Crippen LogP contribution is 2.01. The highest BCUT2D eigenvalue weighted by atomic mass is 16.2. The molecule has 1 aromatic carbocycles. The van der Waals surface area contributed by atoms with Crippen LogP contribution < -0.4 is 0 Å². The first-order chi connectivity index (χ1) is 6.93. The van der Waals surface area contributed by atoms with Crippen LogP contribution in [0.5, 0.6) is 0 Å². The number of aliphatic hydroxyl groups excluding tert-OH is 1. The average molecular weight is 186 g/mol. The van der Waals surface area contributed by atoms with Gasteiger partial charge in [0.15, 0.2) is 0 Å². The molecule has 1 nitrogen and oxygen atoms in total. The molecule has 0 amide bonds. The van der Waals surface area contributed by atoms with Crippen molar-refractivity contribution in [3.63, 3.8) is 0 Å². The Morgan fingerprint density at radius 2 is 1.93 bits per heavy atom. The second-order valence-electron chi connectivity index (χ2n) is 2.93. The fourth-order valence-electron chi connectivity index (χ4n) is 1.12. The maximum Gasteiger partial charge on any atom is 0.0761 e. The lowest BCUT2D eigenvalue weighted by Gasteiger charge is -1.94. The van der Waals surface area contributed by atoms with Crippen LogP contribution in [0.1, 0.15) is 18.4 Å². The fourth-order valence-corrected chi connectivity index (χ4v) is 1.12. The lowest BCUT2D eigenvalue weighted by atomic mass is 10.1. The summed E-state index contributed by atoms with van der Waals surface area (Å²) in [6, 6.07) is 10.3. The molecule has 0 saturated carbocycles. The minimum absolute atomic E-state index is 0.630. The van der Waals surface area contributed by atoms with Crippen LogP contribution in [0, 0.1) is 11.8 Å². The fraction of sp³-hybridized carbons (Fsp3) is 0.231. The number of allylic oxidation sites excluding steroid dienone is 1. The Labute approximate surface area is 85.1 Å². The maximum absolute atomic E-state index is 8.35. The largest absolute Gasteiger partial charge is 0.516 e. The second-order valence-corrected chi connectivity index (χ2v) is 2.93. The van der Waals surface area contributed by atoms with Gasteiger partial charge in [0.2, 0.25) is 0 Å². The predicted octanol–water partition coefficient (Wildman–Crippen LogP) is 3.08. The molecule has 14 heavy (non-hydrogen) atoms. The normalized spacial score (nSPS) is 9.71. The van der Waals surface area contributed by atoms with Crippen molar-refractivity contribution in [1.29, 1.82) is 0 Å². The number of benzene rings is 1. The first kappa shape index (κ1) is 10.4. The van der Waals surface area contributed by atoms with E-state index in [1.165, 1.54) is 5.56 Å². The van der Waals surface area contributed by atoms with Gasteiger partial charge >= 0.3 is 0 Å². The van der Waals surface area contributed by atoms with E-state index in [4.69, 9.17) is 5.11 Å². The van der Waals surface area contributed by atoms with E-state index in [9.17, 15) is 0 Å². The Balaban J connectivity index is 2.24. The summed E-state index contributed by atoms with van der Waals surface area (Å²) in [6.07, 6.45) is 5.17. The lowest BCUT2D eigenvalue weighted by Crippen LogP contribution is -1.81. The molecule has 1 aromatic rings. The van der Waals surface area contributed by atoms with Crippen molar-refractivity contribution in [2.75, 3.05) is 0 Å². The van der Waals surface area contributed by atoms with Crippen LogP contribution in [0.25, 0.3) is 0 Å². The predicted molar refractivity (Wildman–Crippen MR) is 58.9 cm³/mol. The number of hydrogen-bond acceptors (Lipinski definition) is 1. The average Bonchev–Trinajstić information content (AvgIpc) is 2.25. The molecule has 0 atom stereocenters. The highest BCUT2D eigenvalue weighted by molar-refractivity contribution is 5.16. The van der Waals surface area contributed by atoms with Crippen LogP contribution in [-0.4, -0.2) is 5.11 Å². The van der Waals surface area contributed by atoms with Gasteiger partial charge in [0, 0.05) is 12.8 Å². The van der Waals surface area contributed by atoms with E-state index in [1.807, 2.05) is 18.2 Å². The molecule has 0 bridgehead atoms. The highest BCUT2D eigenvalue weighted by Gasteiger charge is 1.86. The zero-order valence-corrected chi connectivity index (χ0v) is 8.11. The monoisotopic (exact) mass is 186 g/mol. The van der Waals surface area contributed by atoms with E-state index in [0.717, 1.165) is 19.1 Å².